The lowest BCUT2D eigenvalue weighted by Gasteiger charge is -2.08. The summed E-state index contributed by atoms with van der Waals surface area (Å²) >= 11 is 5.86. The molecule has 0 unspecified atom stereocenters. The van der Waals surface area contributed by atoms with E-state index in [1.54, 1.807) is 24.3 Å². The third kappa shape index (κ3) is 5.63. The minimum Gasteiger partial charge on any atom is -0.369 e. The number of nitrogens with two attached hydrogens (primary N) is 1. The fraction of sp³-hybridized carbons (Fsp3) is 0.111. The van der Waals surface area contributed by atoms with Gasteiger partial charge in [-0.25, -0.2) is 0 Å². The lowest BCUT2D eigenvalue weighted by Crippen LogP contribution is -2.13. The van der Waals surface area contributed by atoms with Crippen LogP contribution >= 0.6 is 11.6 Å². The summed E-state index contributed by atoms with van der Waals surface area (Å²) < 4.78 is 38.2. The predicted octanol–water partition coefficient (Wildman–Crippen LogP) is 4.04. The Morgan fingerprint density at radius 3 is 2.35 bits per heavy atom. The molecule has 0 saturated carbocycles. The second kappa shape index (κ2) is 8.05. The standard InChI is InChI=1S/C18H14ClF3N2O2/c19-15-7-4-13(18(20,21)22)10-12(15)3-8-17(26)24-14-5-1-11(2-6-14)9-16(23)25/h1-8,10H,9H2,(H2,23,25)(H,24,26)/b8-3+. The van der Waals surface area contributed by atoms with Crippen molar-refractivity contribution in [2.24, 2.45) is 5.73 Å². The Kier molecular flexibility index (Phi) is 6.05. The topological polar surface area (TPSA) is 72.2 Å². The third-order valence-corrected chi connectivity index (χ3v) is 3.68. The number of nitrogens with one attached hydrogen (secondary N) is 1. The highest BCUT2D eigenvalue weighted by Gasteiger charge is 2.30. The molecule has 2 rings (SSSR count). The van der Waals surface area contributed by atoms with Crippen LogP contribution in [0.3, 0.4) is 0 Å². The van der Waals surface area contributed by atoms with E-state index in [4.69, 9.17) is 17.3 Å². The zero-order valence-corrected chi connectivity index (χ0v) is 14.1. The number of benzene rings is 2. The van der Waals surface area contributed by atoms with E-state index in [0.717, 1.165) is 24.3 Å². The van der Waals surface area contributed by atoms with Gasteiger partial charge < -0.3 is 11.1 Å². The summed E-state index contributed by atoms with van der Waals surface area (Å²) in [5.41, 5.74) is 5.47. The highest BCUT2D eigenvalue weighted by atomic mass is 35.5. The summed E-state index contributed by atoms with van der Waals surface area (Å²) in [6.45, 7) is 0. The van der Waals surface area contributed by atoms with Gasteiger partial charge in [0.25, 0.3) is 0 Å². The van der Waals surface area contributed by atoms with Crippen molar-refractivity contribution in [2.75, 3.05) is 5.32 Å². The van der Waals surface area contributed by atoms with Crippen molar-refractivity contribution in [3.8, 4) is 0 Å². The molecule has 26 heavy (non-hydrogen) atoms. The van der Waals surface area contributed by atoms with E-state index < -0.39 is 23.6 Å². The van der Waals surface area contributed by atoms with E-state index in [9.17, 15) is 22.8 Å². The molecule has 4 nitrogen and oxygen atoms in total. The van der Waals surface area contributed by atoms with Gasteiger partial charge in [0.2, 0.25) is 11.8 Å². The summed E-state index contributed by atoms with van der Waals surface area (Å²) in [6, 6.07) is 9.29. The second-order valence-corrected chi connectivity index (χ2v) is 5.80. The molecule has 0 spiro atoms. The lowest BCUT2D eigenvalue weighted by atomic mass is 10.1. The van der Waals surface area contributed by atoms with Crippen LogP contribution in [0, 0.1) is 0 Å². The first-order chi connectivity index (χ1) is 12.1. The van der Waals surface area contributed by atoms with Crippen LogP contribution < -0.4 is 11.1 Å². The predicted molar refractivity (Wildman–Crippen MR) is 93.5 cm³/mol. The molecule has 0 aliphatic heterocycles. The maximum Gasteiger partial charge on any atom is 0.416 e. The van der Waals surface area contributed by atoms with Crippen molar-refractivity contribution >= 4 is 35.2 Å². The molecule has 0 atom stereocenters. The number of hydrogen-bond donors (Lipinski definition) is 2. The van der Waals surface area contributed by atoms with Crippen molar-refractivity contribution in [3.05, 3.63) is 70.3 Å². The van der Waals surface area contributed by atoms with E-state index >= 15 is 0 Å². The van der Waals surface area contributed by atoms with Crippen molar-refractivity contribution in [1.29, 1.82) is 0 Å². The minimum atomic E-state index is -4.50. The molecule has 3 N–H and O–H groups in total. The quantitative estimate of drug-likeness (QED) is 0.766. The molecule has 0 radical (unpaired) electrons. The van der Waals surface area contributed by atoms with Crippen molar-refractivity contribution in [2.45, 2.75) is 12.6 Å². The van der Waals surface area contributed by atoms with E-state index in [1.165, 1.54) is 6.08 Å². The molecule has 0 aromatic heterocycles. The zero-order chi connectivity index (χ0) is 19.3. The first kappa shape index (κ1) is 19.5. The molecule has 2 amide bonds. The van der Waals surface area contributed by atoms with Gasteiger partial charge in [0.1, 0.15) is 0 Å². The molecule has 8 heteroatoms. The van der Waals surface area contributed by atoms with Gasteiger partial charge in [-0.2, -0.15) is 13.2 Å². The Morgan fingerprint density at radius 1 is 1.12 bits per heavy atom. The van der Waals surface area contributed by atoms with Gasteiger partial charge in [0, 0.05) is 16.8 Å². The fourth-order valence-corrected chi connectivity index (χ4v) is 2.28. The van der Waals surface area contributed by atoms with E-state index in [1.807, 2.05) is 0 Å². The number of carbonyl (C=O) groups is 2. The van der Waals surface area contributed by atoms with Gasteiger partial charge in [-0.3, -0.25) is 9.59 Å². The monoisotopic (exact) mass is 382 g/mol. The molecular formula is C18H14ClF3N2O2. The highest BCUT2D eigenvalue weighted by molar-refractivity contribution is 6.32. The second-order valence-electron chi connectivity index (χ2n) is 5.40. The molecule has 0 aliphatic rings. The fourth-order valence-electron chi connectivity index (χ4n) is 2.10. The molecule has 0 heterocycles. The molecule has 0 bridgehead atoms. The number of carbonyl (C=O) groups excluding carboxylic acids is 2. The van der Waals surface area contributed by atoms with E-state index in [0.29, 0.717) is 11.3 Å². The average molecular weight is 383 g/mol. The number of primary amides is 1. The summed E-state index contributed by atoms with van der Waals surface area (Å²) in [4.78, 5) is 22.7. The van der Waals surface area contributed by atoms with Gasteiger partial charge in [0.05, 0.1) is 12.0 Å². The number of alkyl halides is 3. The summed E-state index contributed by atoms with van der Waals surface area (Å²) in [5, 5.41) is 2.65. The summed E-state index contributed by atoms with van der Waals surface area (Å²) in [7, 11) is 0. The number of rotatable bonds is 5. The zero-order valence-electron chi connectivity index (χ0n) is 13.3. The Labute approximate surface area is 152 Å². The lowest BCUT2D eigenvalue weighted by molar-refractivity contribution is -0.137. The third-order valence-electron chi connectivity index (χ3n) is 3.34. The van der Waals surface area contributed by atoms with Crippen LogP contribution in [0.4, 0.5) is 18.9 Å². The Hall–Kier alpha value is -2.80. The number of anilines is 1. The molecular weight excluding hydrogens is 369 g/mol. The molecule has 0 fully saturated rings. The van der Waals surface area contributed by atoms with Crippen LogP contribution in [0.5, 0.6) is 0 Å². The van der Waals surface area contributed by atoms with Gasteiger partial charge in [-0.15, -0.1) is 0 Å². The first-order valence-corrected chi connectivity index (χ1v) is 7.76. The Bertz CT molecular complexity index is 847. The number of amides is 2. The molecule has 0 aliphatic carbocycles. The SMILES string of the molecule is NC(=O)Cc1ccc(NC(=O)/C=C/c2cc(C(F)(F)F)ccc2Cl)cc1. The smallest absolute Gasteiger partial charge is 0.369 e. The first-order valence-electron chi connectivity index (χ1n) is 7.38. The van der Waals surface area contributed by atoms with Gasteiger partial charge in [-0.05, 0) is 47.5 Å². The van der Waals surface area contributed by atoms with Crippen molar-refractivity contribution in [3.63, 3.8) is 0 Å². The molecule has 2 aromatic rings. The maximum atomic E-state index is 12.7. The Morgan fingerprint density at radius 2 is 1.77 bits per heavy atom. The summed E-state index contributed by atoms with van der Waals surface area (Å²) in [5.74, 6) is -1.01. The van der Waals surface area contributed by atoms with Gasteiger partial charge >= 0.3 is 6.18 Å². The highest BCUT2D eigenvalue weighted by Crippen LogP contribution is 2.32. The number of halogens is 4. The summed E-state index contributed by atoms with van der Waals surface area (Å²) in [6.07, 6.45) is -2.13. The average Bonchev–Trinajstić information content (AvgIpc) is 2.54. The van der Waals surface area contributed by atoms with E-state index in [2.05, 4.69) is 5.32 Å². The van der Waals surface area contributed by atoms with Crippen LogP contribution in [-0.4, -0.2) is 11.8 Å². The molecule has 2 aromatic carbocycles. The molecule has 136 valence electrons. The normalized spacial score (nSPS) is 11.5. The van der Waals surface area contributed by atoms with Crippen LogP contribution in [0.25, 0.3) is 6.08 Å². The van der Waals surface area contributed by atoms with Gasteiger partial charge in [-0.1, -0.05) is 23.7 Å². The van der Waals surface area contributed by atoms with Crippen LogP contribution in [0.15, 0.2) is 48.5 Å². The van der Waals surface area contributed by atoms with E-state index in [-0.39, 0.29) is 17.0 Å². The van der Waals surface area contributed by atoms with Crippen molar-refractivity contribution in [1.82, 2.24) is 0 Å². The molecule has 0 saturated heterocycles. The van der Waals surface area contributed by atoms with Crippen LogP contribution in [0.2, 0.25) is 5.02 Å². The Balaban J connectivity index is 2.06. The number of hydrogen-bond acceptors (Lipinski definition) is 2. The van der Waals surface area contributed by atoms with Crippen LogP contribution in [-0.2, 0) is 22.2 Å². The van der Waals surface area contributed by atoms with Gasteiger partial charge in [0.15, 0.2) is 0 Å². The van der Waals surface area contributed by atoms with Crippen LogP contribution in [0.1, 0.15) is 16.7 Å². The van der Waals surface area contributed by atoms with Crippen molar-refractivity contribution < 1.29 is 22.8 Å². The largest absolute Gasteiger partial charge is 0.416 e. The maximum absolute atomic E-state index is 12.7. The minimum absolute atomic E-state index is 0.0773.